The zero-order valence-electron chi connectivity index (χ0n) is 14.2. The standard InChI is InChI=1S/C20H25N3O/c1-16(17-7-3-2-4-8-17)21-15-20(24)22-18-9-11-19(12-10-18)23-13-5-6-14-23/h2-4,7-12,16,21H,5-6,13-15H2,1H3,(H,22,24)/t16-/m1/s1. The van der Waals surface area contributed by atoms with Crippen molar-refractivity contribution in [1.29, 1.82) is 0 Å². The van der Waals surface area contributed by atoms with Crippen LogP contribution in [0.4, 0.5) is 11.4 Å². The molecule has 1 aliphatic heterocycles. The van der Waals surface area contributed by atoms with E-state index in [1.807, 2.05) is 30.3 Å². The molecule has 0 saturated carbocycles. The lowest BCUT2D eigenvalue weighted by atomic mass is 10.1. The summed E-state index contributed by atoms with van der Waals surface area (Å²) < 4.78 is 0. The third-order valence-corrected chi connectivity index (χ3v) is 4.49. The molecule has 0 unspecified atom stereocenters. The van der Waals surface area contributed by atoms with Crippen molar-refractivity contribution in [1.82, 2.24) is 5.32 Å². The van der Waals surface area contributed by atoms with E-state index in [0.29, 0.717) is 6.54 Å². The molecule has 1 atom stereocenters. The van der Waals surface area contributed by atoms with Gasteiger partial charge in [0.1, 0.15) is 0 Å². The first-order valence-electron chi connectivity index (χ1n) is 8.65. The first-order valence-corrected chi connectivity index (χ1v) is 8.65. The number of nitrogens with one attached hydrogen (secondary N) is 2. The minimum Gasteiger partial charge on any atom is -0.372 e. The first kappa shape index (κ1) is 16.5. The molecule has 3 rings (SSSR count). The first-order chi connectivity index (χ1) is 11.7. The number of benzene rings is 2. The fourth-order valence-corrected chi connectivity index (χ4v) is 3.04. The van der Waals surface area contributed by atoms with Crippen molar-refractivity contribution in [3.63, 3.8) is 0 Å². The highest BCUT2D eigenvalue weighted by Gasteiger charge is 2.12. The van der Waals surface area contributed by atoms with E-state index < -0.39 is 0 Å². The van der Waals surface area contributed by atoms with E-state index in [9.17, 15) is 4.79 Å². The fraction of sp³-hybridized carbons (Fsp3) is 0.350. The summed E-state index contributed by atoms with van der Waals surface area (Å²) in [6.45, 7) is 4.62. The lowest BCUT2D eigenvalue weighted by Crippen LogP contribution is -2.30. The van der Waals surface area contributed by atoms with Gasteiger partial charge in [0.05, 0.1) is 6.54 Å². The van der Waals surface area contributed by atoms with Crippen LogP contribution in [0.25, 0.3) is 0 Å². The van der Waals surface area contributed by atoms with Gasteiger partial charge in [0.25, 0.3) is 0 Å². The number of hydrogen-bond acceptors (Lipinski definition) is 3. The maximum Gasteiger partial charge on any atom is 0.238 e. The Morgan fingerprint density at radius 1 is 1.04 bits per heavy atom. The molecule has 4 nitrogen and oxygen atoms in total. The molecular formula is C20H25N3O. The van der Waals surface area contributed by atoms with Gasteiger partial charge in [0.2, 0.25) is 5.91 Å². The Kier molecular flexibility index (Phi) is 5.49. The quantitative estimate of drug-likeness (QED) is 0.854. The zero-order valence-corrected chi connectivity index (χ0v) is 14.2. The van der Waals surface area contributed by atoms with Gasteiger partial charge in [-0.1, -0.05) is 30.3 Å². The fourth-order valence-electron chi connectivity index (χ4n) is 3.04. The third kappa shape index (κ3) is 4.36. The van der Waals surface area contributed by atoms with Crippen molar-refractivity contribution < 1.29 is 4.79 Å². The molecule has 1 aliphatic rings. The van der Waals surface area contributed by atoms with Gasteiger partial charge in [-0.25, -0.2) is 0 Å². The predicted molar refractivity (Wildman–Crippen MR) is 99.4 cm³/mol. The van der Waals surface area contributed by atoms with Crippen LogP contribution in [-0.4, -0.2) is 25.5 Å². The molecule has 1 saturated heterocycles. The summed E-state index contributed by atoms with van der Waals surface area (Å²) in [6, 6.07) is 18.4. The number of hydrogen-bond donors (Lipinski definition) is 2. The SMILES string of the molecule is C[C@@H](NCC(=O)Nc1ccc(N2CCCC2)cc1)c1ccccc1. The lowest BCUT2D eigenvalue weighted by molar-refractivity contribution is -0.115. The van der Waals surface area contributed by atoms with Crippen molar-refractivity contribution in [2.24, 2.45) is 0 Å². The molecule has 1 fully saturated rings. The Balaban J connectivity index is 1.48. The average molecular weight is 323 g/mol. The molecule has 1 heterocycles. The summed E-state index contributed by atoms with van der Waals surface area (Å²) >= 11 is 0. The Hall–Kier alpha value is -2.33. The molecule has 0 bridgehead atoms. The molecule has 0 radical (unpaired) electrons. The van der Waals surface area contributed by atoms with Crippen LogP contribution in [0, 0.1) is 0 Å². The zero-order chi connectivity index (χ0) is 16.8. The molecule has 0 aromatic heterocycles. The number of amides is 1. The van der Waals surface area contributed by atoms with E-state index in [0.717, 1.165) is 18.8 Å². The van der Waals surface area contributed by atoms with Crippen LogP contribution < -0.4 is 15.5 Å². The highest BCUT2D eigenvalue weighted by Crippen LogP contribution is 2.22. The Labute approximate surface area is 143 Å². The van der Waals surface area contributed by atoms with Crippen LogP contribution >= 0.6 is 0 Å². The summed E-state index contributed by atoms with van der Waals surface area (Å²) in [6.07, 6.45) is 2.54. The smallest absolute Gasteiger partial charge is 0.238 e. The van der Waals surface area contributed by atoms with E-state index in [1.54, 1.807) is 0 Å². The van der Waals surface area contributed by atoms with Crippen LogP contribution in [0.2, 0.25) is 0 Å². The number of anilines is 2. The van der Waals surface area contributed by atoms with Gasteiger partial charge in [0.15, 0.2) is 0 Å². The summed E-state index contributed by atoms with van der Waals surface area (Å²) in [4.78, 5) is 14.5. The van der Waals surface area contributed by atoms with E-state index >= 15 is 0 Å². The summed E-state index contributed by atoms with van der Waals surface area (Å²) in [5.74, 6) is -0.0216. The molecular weight excluding hydrogens is 298 g/mol. The van der Waals surface area contributed by atoms with Crippen molar-refractivity contribution in [2.45, 2.75) is 25.8 Å². The Morgan fingerprint density at radius 2 is 1.71 bits per heavy atom. The Bertz CT molecular complexity index is 648. The van der Waals surface area contributed by atoms with Crippen molar-refractivity contribution in [2.75, 3.05) is 29.9 Å². The largest absolute Gasteiger partial charge is 0.372 e. The van der Waals surface area contributed by atoms with E-state index in [-0.39, 0.29) is 11.9 Å². The minimum absolute atomic E-state index is 0.0216. The lowest BCUT2D eigenvalue weighted by Gasteiger charge is -2.18. The molecule has 24 heavy (non-hydrogen) atoms. The maximum atomic E-state index is 12.1. The summed E-state index contributed by atoms with van der Waals surface area (Å²) in [5.41, 5.74) is 3.26. The predicted octanol–water partition coefficient (Wildman–Crippen LogP) is 3.58. The molecule has 2 aromatic carbocycles. The van der Waals surface area contributed by atoms with Gasteiger partial charge < -0.3 is 15.5 Å². The second-order valence-corrected chi connectivity index (χ2v) is 6.30. The maximum absolute atomic E-state index is 12.1. The Morgan fingerprint density at radius 3 is 2.38 bits per heavy atom. The average Bonchev–Trinajstić information content (AvgIpc) is 3.16. The van der Waals surface area contributed by atoms with Crippen LogP contribution in [0.1, 0.15) is 31.4 Å². The molecule has 0 aliphatic carbocycles. The number of rotatable bonds is 6. The molecule has 4 heteroatoms. The molecule has 126 valence electrons. The molecule has 2 aromatic rings. The minimum atomic E-state index is -0.0216. The van der Waals surface area contributed by atoms with Gasteiger partial charge in [-0.3, -0.25) is 4.79 Å². The molecule has 1 amide bonds. The molecule has 0 spiro atoms. The van der Waals surface area contributed by atoms with Gasteiger partial charge in [0, 0.05) is 30.5 Å². The number of nitrogens with zero attached hydrogens (tertiary/aromatic N) is 1. The van der Waals surface area contributed by atoms with Gasteiger partial charge >= 0.3 is 0 Å². The van der Waals surface area contributed by atoms with E-state index in [2.05, 4.69) is 46.7 Å². The normalized spacial score (nSPS) is 15.3. The van der Waals surface area contributed by atoms with Crippen molar-refractivity contribution >= 4 is 17.3 Å². The van der Waals surface area contributed by atoms with Crippen LogP contribution in [-0.2, 0) is 4.79 Å². The highest BCUT2D eigenvalue weighted by atomic mass is 16.1. The number of carbonyl (C=O) groups excluding carboxylic acids is 1. The number of carbonyl (C=O) groups is 1. The second-order valence-electron chi connectivity index (χ2n) is 6.30. The third-order valence-electron chi connectivity index (χ3n) is 4.49. The van der Waals surface area contributed by atoms with Gasteiger partial charge in [-0.2, -0.15) is 0 Å². The van der Waals surface area contributed by atoms with Crippen molar-refractivity contribution in [3.8, 4) is 0 Å². The summed E-state index contributed by atoms with van der Waals surface area (Å²) in [5, 5.41) is 6.20. The molecule has 2 N–H and O–H groups in total. The summed E-state index contributed by atoms with van der Waals surface area (Å²) in [7, 11) is 0. The topological polar surface area (TPSA) is 44.4 Å². The van der Waals surface area contributed by atoms with Crippen LogP contribution in [0.15, 0.2) is 54.6 Å². The van der Waals surface area contributed by atoms with Gasteiger partial charge in [-0.05, 0) is 49.6 Å². The monoisotopic (exact) mass is 323 g/mol. The second kappa shape index (κ2) is 7.97. The highest BCUT2D eigenvalue weighted by molar-refractivity contribution is 5.92. The van der Waals surface area contributed by atoms with Crippen LogP contribution in [0.3, 0.4) is 0 Å². The van der Waals surface area contributed by atoms with E-state index in [4.69, 9.17) is 0 Å². The van der Waals surface area contributed by atoms with Gasteiger partial charge in [-0.15, -0.1) is 0 Å². The van der Waals surface area contributed by atoms with Crippen LogP contribution in [0.5, 0.6) is 0 Å². The van der Waals surface area contributed by atoms with Crippen molar-refractivity contribution in [3.05, 3.63) is 60.2 Å². The van der Waals surface area contributed by atoms with E-state index in [1.165, 1.54) is 24.1 Å².